The molecule has 1 N–H and O–H groups in total. The molecule has 23 heavy (non-hydrogen) atoms. The summed E-state index contributed by atoms with van der Waals surface area (Å²) in [5.41, 5.74) is 0.359. The van der Waals surface area contributed by atoms with Crippen LogP contribution in [0.5, 0.6) is 0 Å². The lowest BCUT2D eigenvalue weighted by molar-refractivity contribution is -0.139. The number of hydrogen-bond donors (Lipinski definition) is 1. The number of aryl methyl sites for hydroxylation is 2. The average Bonchev–Trinajstić information content (AvgIpc) is 3.05. The molecule has 1 atom stereocenters. The van der Waals surface area contributed by atoms with E-state index >= 15 is 0 Å². The standard InChI is InChI=1S/C15H19N5O3/c1-11-17-12(8-14(21)18-11)13-9-20(6-7-23-13)15(22)2-4-19-5-3-16-10-19/h3,5,8,10,13H,2,4,6-7,9H2,1H3,(H,17,18,21). The molecule has 3 rings (SSSR count). The van der Waals surface area contributed by atoms with Gasteiger partial charge in [-0.1, -0.05) is 0 Å². The van der Waals surface area contributed by atoms with Gasteiger partial charge in [0.1, 0.15) is 11.9 Å². The summed E-state index contributed by atoms with van der Waals surface area (Å²) in [6, 6.07) is 1.43. The highest BCUT2D eigenvalue weighted by molar-refractivity contribution is 5.76. The summed E-state index contributed by atoms with van der Waals surface area (Å²) in [6.45, 7) is 3.74. The molecule has 1 aliphatic rings. The highest BCUT2D eigenvalue weighted by atomic mass is 16.5. The first-order valence-corrected chi connectivity index (χ1v) is 7.55. The molecule has 0 bridgehead atoms. The fraction of sp³-hybridized carbons (Fsp3) is 0.467. The second-order valence-corrected chi connectivity index (χ2v) is 5.51. The van der Waals surface area contributed by atoms with Gasteiger partial charge in [-0.3, -0.25) is 9.59 Å². The van der Waals surface area contributed by atoms with E-state index < -0.39 is 0 Å². The maximum absolute atomic E-state index is 12.4. The van der Waals surface area contributed by atoms with Crippen molar-refractivity contribution in [2.24, 2.45) is 0 Å². The Morgan fingerprint density at radius 1 is 1.52 bits per heavy atom. The Labute approximate surface area is 133 Å². The number of hydrogen-bond acceptors (Lipinski definition) is 5. The highest BCUT2D eigenvalue weighted by Gasteiger charge is 2.26. The first-order chi connectivity index (χ1) is 11.1. The molecule has 2 aromatic heterocycles. The van der Waals surface area contributed by atoms with Crippen LogP contribution < -0.4 is 5.56 Å². The number of nitrogens with one attached hydrogen (secondary N) is 1. The number of morpholine rings is 1. The topological polar surface area (TPSA) is 93.1 Å². The van der Waals surface area contributed by atoms with Gasteiger partial charge in [0.15, 0.2) is 0 Å². The van der Waals surface area contributed by atoms with E-state index in [4.69, 9.17) is 4.74 Å². The number of aromatic nitrogens is 4. The third kappa shape index (κ3) is 3.84. The molecule has 8 nitrogen and oxygen atoms in total. The number of H-pyrrole nitrogens is 1. The maximum atomic E-state index is 12.4. The summed E-state index contributed by atoms with van der Waals surface area (Å²) in [6.07, 6.45) is 5.26. The lowest BCUT2D eigenvalue weighted by Crippen LogP contribution is -2.43. The van der Waals surface area contributed by atoms with E-state index in [2.05, 4.69) is 15.0 Å². The summed E-state index contributed by atoms with van der Waals surface area (Å²) < 4.78 is 7.55. The van der Waals surface area contributed by atoms with E-state index in [1.165, 1.54) is 6.07 Å². The van der Waals surface area contributed by atoms with E-state index in [1.54, 1.807) is 24.3 Å². The average molecular weight is 317 g/mol. The van der Waals surface area contributed by atoms with Gasteiger partial charge in [0.05, 0.1) is 25.2 Å². The van der Waals surface area contributed by atoms with Crippen LogP contribution in [0.3, 0.4) is 0 Å². The highest BCUT2D eigenvalue weighted by Crippen LogP contribution is 2.20. The van der Waals surface area contributed by atoms with Crippen molar-refractivity contribution in [3.8, 4) is 0 Å². The minimum absolute atomic E-state index is 0.0635. The summed E-state index contributed by atoms with van der Waals surface area (Å²) in [5.74, 6) is 0.605. The number of imidazole rings is 1. The molecule has 1 aliphatic heterocycles. The number of rotatable bonds is 4. The molecule has 2 aromatic rings. The van der Waals surface area contributed by atoms with Crippen molar-refractivity contribution in [3.05, 3.63) is 46.7 Å². The summed E-state index contributed by atoms with van der Waals surface area (Å²) in [4.78, 5) is 36.6. The van der Waals surface area contributed by atoms with Gasteiger partial charge in [0, 0.05) is 38.0 Å². The molecule has 1 unspecified atom stereocenters. The van der Waals surface area contributed by atoms with E-state index in [1.807, 2.05) is 10.8 Å². The first-order valence-electron chi connectivity index (χ1n) is 7.55. The van der Waals surface area contributed by atoms with Gasteiger partial charge >= 0.3 is 0 Å². The fourth-order valence-electron chi connectivity index (χ4n) is 2.62. The monoisotopic (exact) mass is 317 g/mol. The quantitative estimate of drug-likeness (QED) is 0.873. The van der Waals surface area contributed by atoms with Gasteiger partial charge < -0.3 is 19.2 Å². The summed E-state index contributed by atoms with van der Waals surface area (Å²) in [5, 5.41) is 0. The Morgan fingerprint density at radius 3 is 3.13 bits per heavy atom. The Balaban J connectivity index is 1.63. The van der Waals surface area contributed by atoms with Crippen LogP contribution in [0.4, 0.5) is 0 Å². The lowest BCUT2D eigenvalue weighted by atomic mass is 10.2. The van der Waals surface area contributed by atoms with Crippen molar-refractivity contribution in [2.45, 2.75) is 26.0 Å². The van der Waals surface area contributed by atoms with Crippen molar-refractivity contribution >= 4 is 5.91 Å². The molecular weight excluding hydrogens is 298 g/mol. The van der Waals surface area contributed by atoms with Crippen molar-refractivity contribution in [1.29, 1.82) is 0 Å². The molecule has 1 fully saturated rings. The third-order valence-electron chi connectivity index (χ3n) is 3.77. The minimum Gasteiger partial charge on any atom is -0.368 e. The molecule has 1 amide bonds. The number of ether oxygens (including phenoxy) is 1. The third-order valence-corrected chi connectivity index (χ3v) is 3.77. The molecule has 0 spiro atoms. The predicted molar refractivity (Wildman–Crippen MR) is 81.7 cm³/mol. The van der Waals surface area contributed by atoms with E-state index in [9.17, 15) is 9.59 Å². The van der Waals surface area contributed by atoms with Gasteiger partial charge in [-0.25, -0.2) is 9.97 Å². The van der Waals surface area contributed by atoms with Crippen molar-refractivity contribution in [3.63, 3.8) is 0 Å². The van der Waals surface area contributed by atoms with Gasteiger partial charge in [0.25, 0.3) is 5.56 Å². The van der Waals surface area contributed by atoms with E-state index in [-0.39, 0.29) is 17.6 Å². The zero-order valence-electron chi connectivity index (χ0n) is 12.9. The molecule has 1 saturated heterocycles. The van der Waals surface area contributed by atoms with Crippen LogP contribution in [0.15, 0.2) is 29.6 Å². The van der Waals surface area contributed by atoms with E-state index in [0.29, 0.717) is 44.2 Å². The summed E-state index contributed by atoms with van der Waals surface area (Å²) in [7, 11) is 0. The number of carbonyl (C=O) groups is 1. The van der Waals surface area contributed by atoms with Crippen LogP contribution in [-0.4, -0.2) is 50.0 Å². The SMILES string of the molecule is Cc1nc(C2CN(C(=O)CCn3ccnc3)CCO2)cc(=O)[nH]1. The Morgan fingerprint density at radius 2 is 2.39 bits per heavy atom. The van der Waals surface area contributed by atoms with Crippen LogP contribution in [0.25, 0.3) is 0 Å². The zero-order chi connectivity index (χ0) is 16.2. The zero-order valence-corrected chi connectivity index (χ0v) is 12.9. The Bertz CT molecular complexity index is 725. The van der Waals surface area contributed by atoms with Crippen molar-refractivity contribution in [1.82, 2.24) is 24.4 Å². The molecule has 122 valence electrons. The van der Waals surface area contributed by atoms with Gasteiger partial charge in [0.2, 0.25) is 5.91 Å². The Hall–Kier alpha value is -2.48. The molecule has 3 heterocycles. The number of amides is 1. The lowest BCUT2D eigenvalue weighted by Gasteiger charge is -2.32. The van der Waals surface area contributed by atoms with Crippen LogP contribution in [0.1, 0.15) is 24.0 Å². The van der Waals surface area contributed by atoms with Gasteiger partial charge in [-0.2, -0.15) is 0 Å². The fourth-order valence-corrected chi connectivity index (χ4v) is 2.62. The van der Waals surface area contributed by atoms with E-state index in [0.717, 1.165) is 0 Å². The largest absolute Gasteiger partial charge is 0.368 e. The maximum Gasteiger partial charge on any atom is 0.251 e. The van der Waals surface area contributed by atoms with Gasteiger partial charge in [-0.15, -0.1) is 0 Å². The first kappa shape index (κ1) is 15.4. The molecule has 0 saturated carbocycles. The smallest absolute Gasteiger partial charge is 0.251 e. The molecule has 0 radical (unpaired) electrons. The molecule has 0 aliphatic carbocycles. The number of nitrogens with zero attached hydrogens (tertiary/aromatic N) is 4. The Kier molecular flexibility index (Phi) is 4.52. The molecular formula is C15H19N5O3. The minimum atomic E-state index is -0.359. The van der Waals surface area contributed by atoms with Crippen LogP contribution >= 0.6 is 0 Å². The van der Waals surface area contributed by atoms with Crippen molar-refractivity contribution in [2.75, 3.05) is 19.7 Å². The second-order valence-electron chi connectivity index (χ2n) is 5.51. The summed E-state index contributed by atoms with van der Waals surface area (Å²) >= 11 is 0. The van der Waals surface area contributed by atoms with Gasteiger partial charge in [-0.05, 0) is 6.92 Å². The second kappa shape index (κ2) is 6.74. The predicted octanol–water partition coefficient (Wildman–Crippen LogP) is 0.265. The van der Waals surface area contributed by atoms with Crippen LogP contribution in [0.2, 0.25) is 0 Å². The number of aromatic amines is 1. The van der Waals surface area contributed by atoms with Crippen LogP contribution in [0, 0.1) is 6.92 Å². The van der Waals surface area contributed by atoms with Crippen molar-refractivity contribution < 1.29 is 9.53 Å². The number of carbonyl (C=O) groups excluding carboxylic acids is 1. The molecule has 8 heteroatoms. The van der Waals surface area contributed by atoms with Crippen LogP contribution in [-0.2, 0) is 16.1 Å². The normalized spacial score (nSPS) is 18.1. The molecule has 0 aromatic carbocycles.